The Kier molecular flexibility index (Phi) is 4.00. The Morgan fingerprint density at radius 1 is 1.00 bits per heavy atom. The summed E-state index contributed by atoms with van der Waals surface area (Å²) in [5.41, 5.74) is 6.17. The minimum Gasteiger partial charge on any atom is -0.293 e. The maximum atomic E-state index is 13.1. The topological polar surface area (TPSA) is 65.6 Å². The summed E-state index contributed by atoms with van der Waals surface area (Å²) in [6, 6.07) is 8.21. The molecule has 0 amide bonds. The fraction of sp³-hybridized carbons (Fsp3) is 0.364. The number of fused-ring (bicyclic) bond motifs is 3. The Bertz CT molecular complexity index is 1230. The minimum atomic E-state index is 0.0282. The molecule has 1 saturated carbocycles. The molecule has 6 nitrogen and oxygen atoms in total. The highest BCUT2D eigenvalue weighted by molar-refractivity contribution is 6.00. The number of imidazole rings is 1. The summed E-state index contributed by atoms with van der Waals surface area (Å²) in [6.45, 7) is 1.97. The van der Waals surface area contributed by atoms with Gasteiger partial charge in [-0.05, 0) is 44.0 Å². The van der Waals surface area contributed by atoms with E-state index in [1.807, 2.05) is 49.0 Å². The molecule has 0 N–H and O–H groups in total. The van der Waals surface area contributed by atoms with E-state index in [9.17, 15) is 4.79 Å². The van der Waals surface area contributed by atoms with Crippen LogP contribution < -0.4 is 5.69 Å². The Labute approximate surface area is 162 Å². The van der Waals surface area contributed by atoms with Crippen molar-refractivity contribution in [1.82, 2.24) is 24.1 Å². The van der Waals surface area contributed by atoms with E-state index in [0.717, 1.165) is 51.9 Å². The molecule has 4 heterocycles. The lowest BCUT2D eigenvalue weighted by Crippen LogP contribution is -2.27. The first kappa shape index (κ1) is 17.1. The van der Waals surface area contributed by atoms with Crippen LogP contribution in [0.1, 0.15) is 43.8 Å². The van der Waals surface area contributed by atoms with Gasteiger partial charge in [0.05, 0.1) is 28.4 Å². The molecule has 0 spiro atoms. The summed E-state index contributed by atoms with van der Waals surface area (Å²) >= 11 is 0. The molecule has 0 saturated heterocycles. The van der Waals surface area contributed by atoms with Crippen molar-refractivity contribution in [1.29, 1.82) is 0 Å². The number of pyridine rings is 3. The van der Waals surface area contributed by atoms with Crippen LogP contribution in [0.15, 0.2) is 41.5 Å². The molecule has 28 heavy (non-hydrogen) atoms. The summed E-state index contributed by atoms with van der Waals surface area (Å²) < 4.78 is 3.68. The molecule has 0 atom stereocenters. The lowest BCUT2D eigenvalue weighted by Gasteiger charge is -2.23. The zero-order valence-electron chi connectivity index (χ0n) is 16.2. The van der Waals surface area contributed by atoms with Gasteiger partial charge in [0.1, 0.15) is 5.52 Å². The van der Waals surface area contributed by atoms with Gasteiger partial charge in [-0.2, -0.15) is 0 Å². The molecule has 1 fully saturated rings. The van der Waals surface area contributed by atoms with Gasteiger partial charge in [-0.1, -0.05) is 19.3 Å². The maximum Gasteiger partial charge on any atom is 0.329 e. The molecule has 4 aromatic rings. The summed E-state index contributed by atoms with van der Waals surface area (Å²) in [7, 11) is 1.82. The normalized spacial score (nSPS) is 15.5. The average molecular weight is 373 g/mol. The van der Waals surface area contributed by atoms with E-state index < -0.39 is 0 Å². The zero-order chi connectivity index (χ0) is 19.3. The number of rotatable bonds is 2. The molecule has 0 aromatic carbocycles. The first-order chi connectivity index (χ1) is 13.6. The predicted octanol–water partition coefficient (Wildman–Crippen LogP) is 4.16. The quantitative estimate of drug-likeness (QED) is 0.529. The number of nitrogens with zero attached hydrogens (tertiary/aromatic N) is 5. The number of aromatic nitrogens is 5. The van der Waals surface area contributed by atoms with Gasteiger partial charge < -0.3 is 0 Å². The van der Waals surface area contributed by atoms with E-state index in [4.69, 9.17) is 4.98 Å². The van der Waals surface area contributed by atoms with E-state index in [1.165, 1.54) is 19.3 Å². The fourth-order valence-corrected chi connectivity index (χ4v) is 4.34. The summed E-state index contributed by atoms with van der Waals surface area (Å²) in [6.07, 6.45) is 9.33. The van der Waals surface area contributed by atoms with Gasteiger partial charge in [-0.15, -0.1) is 0 Å². The van der Waals surface area contributed by atoms with E-state index in [0.29, 0.717) is 0 Å². The lowest BCUT2D eigenvalue weighted by atomic mass is 9.95. The highest BCUT2D eigenvalue weighted by Crippen LogP contribution is 2.32. The lowest BCUT2D eigenvalue weighted by molar-refractivity contribution is 0.351. The molecule has 142 valence electrons. The molecule has 0 bridgehead atoms. The largest absolute Gasteiger partial charge is 0.329 e. The molecule has 0 unspecified atom stereocenters. The van der Waals surface area contributed by atoms with Crippen LogP contribution in [-0.2, 0) is 7.05 Å². The third kappa shape index (κ3) is 2.63. The fourth-order valence-electron chi connectivity index (χ4n) is 4.34. The molecule has 1 aliphatic rings. The van der Waals surface area contributed by atoms with Crippen LogP contribution in [0.3, 0.4) is 0 Å². The highest BCUT2D eigenvalue weighted by Gasteiger charge is 2.23. The van der Waals surface area contributed by atoms with Crippen LogP contribution in [0.25, 0.3) is 33.3 Å². The molecule has 0 radical (unpaired) electrons. The van der Waals surface area contributed by atoms with E-state index in [2.05, 4.69) is 9.97 Å². The van der Waals surface area contributed by atoms with Crippen molar-refractivity contribution in [2.75, 3.05) is 0 Å². The smallest absolute Gasteiger partial charge is 0.293 e. The molecular formula is C22H23N5O. The Hall–Kier alpha value is -3.02. The number of hydrogen-bond donors (Lipinski definition) is 0. The zero-order valence-corrected chi connectivity index (χ0v) is 16.2. The summed E-state index contributed by atoms with van der Waals surface area (Å²) in [4.78, 5) is 27.0. The van der Waals surface area contributed by atoms with Crippen molar-refractivity contribution in [3.05, 3.63) is 52.8 Å². The van der Waals surface area contributed by atoms with Gasteiger partial charge in [-0.25, -0.2) is 9.78 Å². The molecule has 4 aromatic heterocycles. The Balaban J connectivity index is 1.79. The molecule has 1 aliphatic carbocycles. The summed E-state index contributed by atoms with van der Waals surface area (Å²) in [5.74, 6) is 0. The van der Waals surface area contributed by atoms with Crippen molar-refractivity contribution in [2.24, 2.45) is 7.05 Å². The first-order valence-corrected chi connectivity index (χ1v) is 9.93. The van der Waals surface area contributed by atoms with Crippen LogP contribution in [0, 0.1) is 6.92 Å². The number of aryl methyl sites for hydroxylation is 2. The maximum absolute atomic E-state index is 13.1. The average Bonchev–Trinajstić information content (AvgIpc) is 3.00. The van der Waals surface area contributed by atoms with Crippen LogP contribution in [0.2, 0.25) is 0 Å². The third-order valence-corrected chi connectivity index (χ3v) is 5.91. The third-order valence-electron chi connectivity index (χ3n) is 5.91. The Morgan fingerprint density at radius 2 is 1.82 bits per heavy atom. The minimum absolute atomic E-state index is 0.0282. The predicted molar refractivity (Wildman–Crippen MR) is 110 cm³/mol. The standard InChI is InChI=1S/C22H23N5O/c1-14-8-9-15(12-23-14)17-10-11-18-20(25-17)21-19(13-24-18)26(2)22(28)27(21)16-6-4-3-5-7-16/h8-13,16H,3-7H2,1-2H3. The highest BCUT2D eigenvalue weighted by atomic mass is 16.1. The van der Waals surface area contributed by atoms with Gasteiger partial charge in [-0.3, -0.25) is 19.1 Å². The van der Waals surface area contributed by atoms with Crippen molar-refractivity contribution in [3.8, 4) is 11.3 Å². The Morgan fingerprint density at radius 3 is 2.57 bits per heavy atom. The van der Waals surface area contributed by atoms with E-state index in [1.54, 1.807) is 10.8 Å². The van der Waals surface area contributed by atoms with Gasteiger partial charge >= 0.3 is 5.69 Å². The van der Waals surface area contributed by atoms with Crippen LogP contribution >= 0.6 is 0 Å². The van der Waals surface area contributed by atoms with E-state index in [-0.39, 0.29) is 11.7 Å². The van der Waals surface area contributed by atoms with Crippen molar-refractivity contribution in [2.45, 2.75) is 45.1 Å². The van der Waals surface area contributed by atoms with Crippen LogP contribution in [-0.4, -0.2) is 24.1 Å². The van der Waals surface area contributed by atoms with Crippen molar-refractivity contribution < 1.29 is 0 Å². The van der Waals surface area contributed by atoms with Crippen LogP contribution in [0.5, 0.6) is 0 Å². The van der Waals surface area contributed by atoms with Crippen LogP contribution in [0.4, 0.5) is 0 Å². The second-order valence-corrected chi connectivity index (χ2v) is 7.75. The molecule has 6 heteroatoms. The van der Waals surface area contributed by atoms with Gasteiger partial charge in [0.2, 0.25) is 0 Å². The molecule has 0 aliphatic heterocycles. The van der Waals surface area contributed by atoms with E-state index >= 15 is 0 Å². The first-order valence-electron chi connectivity index (χ1n) is 9.93. The molecular weight excluding hydrogens is 350 g/mol. The van der Waals surface area contributed by atoms with Crippen molar-refractivity contribution >= 4 is 22.1 Å². The monoisotopic (exact) mass is 373 g/mol. The van der Waals surface area contributed by atoms with Gasteiger partial charge in [0, 0.05) is 30.5 Å². The number of hydrogen-bond acceptors (Lipinski definition) is 4. The van der Waals surface area contributed by atoms with Crippen molar-refractivity contribution in [3.63, 3.8) is 0 Å². The second-order valence-electron chi connectivity index (χ2n) is 7.75. The van der Waals surface area contributed by atoms with Gasteiger partial charge in [0.25, 0.3) is 0 Å². The second kappa shape index (κ2) is 6.55. The SMILES string of the molecule is Cc1ccc(-c2ccc3ncc4c(c3n2)n(C2CCCCC2)c(=O)n4C)cn1. The summed E-state index contributed by atoms with van der Waals surface area (Å²) in [5, 5.41) is 0. The van der Waals surface area contributed by atoms with Gasteiger partial charge in [0.15, 0.2) is 0 Å². The molecule has 5 rings (SSSR count).